The van der Waals surface area contributed by atoms with E-state index in [0.717, 1.165) is 4.88 Å². The number of carbonyl (C=O) groups is 2. The summed E-state index contributed by atoms with van der Waals surface area (Å²) in [4.78, 5) is 28.5. The molecular weight excluding hydrogens is 354 g/mol. The van der Waals surface area contributed by atoms with Crippen LogP contribution < -0.4 is 16.0 Å². The lowest BCUT2D eigenvalue weighted by Gasteiger charge is -2.07. The van der Waals surface area contributed by atoms with Gasteiger partial charge in [0.2, 0.25) is 17.6 Å². The van der Waals surface area contributed by atoms with Crippen LogP contribution >= 0.6 is 11.3 Å². The molecule has 0 fully saturated rings. The van der Waals surface area contributed by atoms with Gasteiger partial charge in [-0.05, 0) is 35.7 Å². The molecule has 3 N–H and O–H groups in total. The summed E-state index contributed by atoms with van der Waals surface area (Å²) in [5.74, 6) is 0.802. The van der Waals surface area contributed by atoms with Crippen molar-refractivity contribution in [1.29, 1.82) is 0 Å². The van der Waals surface area contributed by atoms with Crippen LogP contribution in [0.5, 0.6) is 0 Å². The molecule has 0 saturated heterocycles. The van der Waals surface area contributed by atoms with E-state index >= 15 is 0 Å². The number of amides is 3. The van der Waals surface area contributed by atoms with Gasteiger partial charge < -0.3 is 20.5 Å². The number of aryl methyl sites for hydroxylation is 1. The van der Waals surface area contributed by atoms with Crippen molar-refractivity contribution in [3.63, 3.8) is 0 Å². The summed E-state index contributed by atoms with van der Waals surface area (Å²) in [5.41, 5.74) is 1.27. The third-order valence-corrected chi connectivity index (χ3v) is 4.29. The summed E-state index contributed by atoms with van der Waals surface area (Å²) in [6.07, 6.45) is 0.588. The molecule has 0 aliphatic carbocycles. The normalized spacial score (nSPS) is 10.3. The van der Waals surface area contributed by atoms with Crippen molar-refractivity contribution >= 4 is 34.6 Å². The molecule has 0 bridgehead atoms. The van der Waals surface area contributed by atoms with Crippen LogP contribution in [0.2, 0.25) is 0 Å². The molecule has 8 nitrogen and oxygen atoms in total. The first-order valence-electron chi connectivity index (χ1n) is 7.89. The molecular formula is C17H17N5O3S. The molecule has 0 aliphatic rings. The van der Waals surface area contributed by atoms with Gasteiger partial charge in [0.1, 0.15) is 0 Å². The molecule has 2 heterocycles. The van der Waals surface area contributed by atoms with E-state index in [0.29, 0.717) is 29.5 Å². The van der Waals surface area contributed by atoms with Crippen LogP contribution in [-0.4, -0.2) is 29.1 Å². The molecule has 0 atom stereocenters. The fourth-order valence-corrected chi connectivity index (χ4v) is 2.79. The molecule has 0 spiro atoms. The number of nitrogens with zero attached hydrogens (tertiary/aromatic N) is 2. The van der Waals surface area contributed by atoms with Gasteiger partial charge in [0.05, 0.1) is 4.88 Å². The van der Waals surface area contributed by atoms with Gasteiger partial charge in [-0.1, -0.05) is 11.2 Å². The van der Waals surface area contributed by atoms with E-state index in [9.17, 15) is 9.59 Å². The van der Waals surface area contributed by atoms with Gasteiger partial charge in [-0.2, -0.15) is 4.98 Å². The Kier molecular flexibility index (Phi) is 5.59. The second-order valence-corrected chi connectivity index (χ2v) is 6.27. The highest BCUT2D eigenvalue weighted by Crippen LogP contribution is 2.21. The molecule has 0 saturated carbocycles. The Bertz CT molecular complexity index is 874. The third-order valence-electron chi connectivity index (χ3n) is 3.43. The number of hydrogen-bond donors (Lipinski definition) is 3. The molecule has 0 unspecified atom stereocenters. The highest BCUT2D eigenvalue weighted by atomic mass is 32.1. The number of carbonyl (C=O) groups excluding carboxylic acids is 2. The quantitative estimate of drug-likeness (QED) is 0.617. The highest BCUT2D eigenvalue weighted by molar-refractivity contribution is 7.13. The molecule has 0 radical (unpaired) electrons. The molecule has 0 aliphatic heterocycles. The van der Waals surface area contributed by atoms with Gasteiger partial charge in [0.25, 0.3) is 0 Å². The van der Waals surface area contributed by atoms with Crippen LogP contribution in [0.1, 0.15) is 12.3 Å². The van der Waals surface area contributed by atoms with Crippen molar-refractivity contribution in [1.82, 2.24) is 15.5 Å². The number of nitrogens with one attached hydrogen (secondary N) is 3. The Morgan fingerprint density at radius 1 is 1.12 bits per heavy atom. The average molecular weight is 371 g/mol. The molecule has 3 rings (SSSR count). The minimum Gasteiger partial charge on any atom is -0.341 e. The summed E-state index contributed by atoms with van der Waals surface area (Å²) in [6, 6.07) is 10.4. The molecule has 26 heavy (non-hydrogen) atoms. The van der Waals surface area contributed by atoms with Crippen molar-refractivity contribution < 1.29 is 14.1 Å². The number of rotatable bonds is 6. The number of aromatic nitrogens is 2. The summed E-state index contributed by atoms with van der Waals surface area (Å²) < 4.78 is 5.17. The van der Waals surface area contributed by atoms with Crippen molar-refractivity contribution in [2.75, 3.05) is 17.7 Å². The number of urea groups is 1. The van der Waals surface area contributed by atoms with Crippen molar-refractivity contribution in [3.8, 4) is 10.7 Å². The Hall–Kier alpha value is -3.20. The Morgan fingerprint density at radius 2 is 1.85 bits per heavy atom. The molecule has 1 aromatic carbocycles. The first kappa shape index (κ1) is 17.6. The molecule has 9 heteroatoms. The fourth-order valence-electron chi connectivity index (χ4n) is 2.14. The van der Waals surface area contributed by atoms with E-state index in [1.807, 2.05) is 17.5 Å². The van der Waals surface area contributed by atoms with Gasteiger partial charge in [-0.3, -0.25) is 4.79 Å². The lowest BCUT2D eigenvalue weighted by Crippen LogP contribution is -2.24. The first-order valence-corrected chi connectivity index (χ1v) is 8.77. The monoisotopic (exact) mass is 371 g/mol. The number of anilines is 2. The minimum absolute atomic E-state index is 0.159. The van der Waals surface area contributed by atoms with Crippen LogP contribution in [0.15, 0.2) is 46.3 Å². The Balaban J connectivity index is 1.49. The van der Waals surface area contributed by atoms with Crippen molar-refractivity contribution in [3.05, 3.63) is 47.7 Å². The van der Waals surface area contributed by atoms with Crippen LogP contribution in [0.25, 0.3) is 10.7 Å². The average Bonchev–Trinajstić information content (AvgIpc) is 3.33. The predicted molar refractivity (Wildman–Crippen MR) is 99.1 cm³/mol. The van der Waals surface area contributed by atoms with E-state index in [1.165, 1.54) is 18.4 Å². The van der Waals surface area contributed by atoms with Gasteiger partial charge in [-0.15, -0.1) is 11.3 Å². The van der Waals surface area contributed by atoms with E-state index in [1.54, 1.807) is 24.3 Å². The van der Waals surface area contributed by atoms with Crippen molar-refractivity contribution in [2.45, 2.75) is 12.8 Å². The number of thiophene rings is 1. The number of benzene rings is 1. The van der Waals surface area contributed by atoms with Crippen LogP contribution in [-0.2, 0) is 11.2 Å². The molecule has 3 amide bonds. The zero-order valence-corrected chi connectivity index (χ0v) is 14.8. The summed E-state index contributed by atoms with van der Waals surface area (Å²) in [7, 11) is 1.54. The zero-order valence-electron chi connectivity index (χ0n) is 14.0. The van der Waals surface area contributed by atoms with E-state index in [4.69, 9.17) is 4.52 Å². The van der Waals surface area contributed by atoms with Crippen LogP contribution in [0.3, 0.4) is 0 Å². The number of hydrogen-bond acceptors (Lipinski definition) is 6. The summed E-state index contributed by atoms with van der Waals surface area (Å²) >= 11 is 1.53. The second kappa shape index (κ2) is 8.26. The predicted octanol–water partition coefficient (Wildman–Crippen LogP) is 3.12. The largest absolute Gasteiger partial charge is 0.341 e. The fraction of sp³-hybridized carbons (Fsp3) is 0.176. The lowest BCUT2D eigenvalue weighted by molar-refractivity contribution is -0.116. The van der Waals surface area contributed by atoms with Crippen LogP contribution in [0, 0.1) is 0 Å². The summed E-state index contributed by atoms with van der Waals surface area (Å²) in [6.45, 7) is 0. The van der Waals surface area contributed by atoms with Crippen molar-refractivity contribution in [2.24, 2.45) is 0 Å². The SMILES string of the molecule is CNC(=O)Nc1ccc(NC(=O)CCc2nc(-c3cccs3)no2)cc1. The maximum absolute atomic E-state index is 12.1. The topological polar surface area (TPSA) is 109 Å². The van der Waals surface area contributed by atoms with E-state index in [-0.39, 0.29) is 18.4 Å². The Morgan fingerprint density at radius 3 is 2.50 bits per heavy atom. The van der Waals surface area contributed by atoms with Crippen LogP contribution in [0.4, 0.5) is 16.2 Å². The standard InChI is InChI=1S/C17H17N5O3S/c1-18-17(24)20-12-6-4-11(5-7-12)19-14(23)8-9-15-21-16(22-25-15)13-3-2-10-26-13/h2-7,10H,8-9H2,1H3,(H,19,23)(H2,18,20,24). The summed E-state index contributed by atoms with van der Waals surface area (Å²) in [5, 5.41) is 13.7. The smallest absolute Gasteiger partial charge is 0.318 e. The van der Waals surface area contributed by atoms with Gasteiger partial charge in [0, 0.05) is 31.3 Å². The molecule has 3 aromatic rings. The second-order valence-electron chi connectivity index (χ2n) is 5.32. The van der Waals surface area contributed by atoms with Gasteiger partial charge in [0.15, 0.2) is 0 Å². The maximum atomic E-state index is 12.1. The minimum atomic E-state index is -0.303. The Labute approximate surface area is 153 Å². The zero-order chi connectivity index (χ0) is 18.4. The molecule has 134 valence electrons. The van der Waals surface area contributed by atoms with Gasteiger partial charge >= 0.3 is 6.03 Å². The molecule has 2 aromatic heterocycles. The van der Waals surface area contributed by atoms with E-state index in [2.05, 4.69) is 26.1 Å². The third kappa shape index (κ3) is 4.67. The van der Waals surface area contributed by atoms with E-state index < -0.39 is 0 Å². The first-order chi connectivity index (χ1) is 12.6. The highest BCUT2D eigenvalue weighted by Gasteiger charge is 2.11. The van der Waals surface area contributed by atoms with Gasteiger partial charge in [-0.25, -0.2) is 4.79 Å². The maximum Gasteiger partial charge on any atom is 0.318 e. The lowest BCUT2D eigenvalue weighted by atomic mass is 10.2.